The van der Waals surface area contributed by atoms with Crippen LogP contribution in [0.15, 0.2) is 22.7 Å². The van der Waals surface area contributed by atoms with E-state index in [1.807, 2.05) is 0 Å². The lowest BCUT2D eigenvalue weighted by molar-refractivity contribution is 0.230. The molecule has 16 heavy (non-hydrogen) atoms. The predicted octanol–water partition coefficient (Wildman–Crippen LogP) is 2.13. The van der Waals surface area contributed by atoms with Crippen LogP contribution in [0.1, 0.15) is 13.8 Å². The molecule has 0 saturated carbocycles. The van der Waals surface area contributed by atoms with E-state index < -0.39 is 7.60 Å². The van der Waals surface area contributed by atoms with Gasteiger partial charge in [0.2, 0.25) is 0 Å². The molecule has 86 valence electrons. The van der Waals surface area contributed by atoms with Gasteiger partial charge in [0.1, 0.15) is 7.85 Å². The van der Waals surface area contributed by atoms with Gasteiger partial charge in [-0.05, 0) is 35.8 Å². The molecule has 1 rings (SSSR count). The van der Waals surface area contributed by atoms with Crippen LogP contribution >= 0.6 is 23.5 Å². The second-order valence-corrected chi connectivity index (χ2v) is 5.89. The number of hydrogen-bond acceptors (Lipinski definition) is 3. The van der Waals surface area contributed by atoms with Crippen molar-refractivity contribution in [2.24, 2.45) is 0 Å². The molecular weight excluding hydrogens is 290 g/mol. The van der Waals surface area contributed by atoms with Gasteiger partial charge in [-0.15, -0.1) is 0 Å². The zero-order chi connectivity index (χ0) is 12.2. The minimum Gasteiger partial charge on any atom is -0.305 e. The normalized spacial score (nSPS) is 11.7. The van der Waals surface area contributed by atoms with Crippen molar-refractivity contribution >= 4 is 42.1 Å². The summed E-state index contributed by atoms with van der Waals surface area (Å²) in [4.78, 5) is 0. The number of benzene rings is 1. The van der Waals surface area contributed by atoms with E-state index in [-0.39, 0.29) is 0 Å². The fourth-order valence-electron chi connectivity index (χ4n) is 1.26. The van der Waals surface area contributed by atoms with Gasteiger partial charge in [-0.25, -0.2) is 0 Å². The molecular formula is C10H13BBrO3P. The van der Waals surface area contributed by atoms with E-state index in [1.54, 1.807) is 32.0 Å². The van der Waals surface area contributed by atoms with Crippen LogP contribution in [0, 0.1) is 0 Å². The van der Waals surface area contributed by atoms with E-state index >= 15 is 0 Å². The average Bonchev–Trinajstić information content (AvgIpc) is 2.22. The van der Waals surface area contributed by atoms with Gasteiger partial charge in [0, 0.05) is 4.47 Å². The molecule has 0 atom stereocenters. The topological polar surface area (TPSA) is 35.5 Å². The summed E-state index contributed by atoms with van der Waals surface area (Å²) < 4.78 is 23.6. The molecule has 0 heterocycles. The first-order valence-electron chi connectivity index (χ1n) is 4.98. The minimum absolute atomic E-state index is 0.318. The van der Waals surface area contributed by atoms with Gasteiger partial charge < -0.3 is 9.05 Å². The molecule has 0 fully saturated rings. The second-order valence-electron chi connectivity index (χ2n) is 3.04. The Morgan fingerprint density at radius 2 is 1.88 bits per heavy atom. The summed E-state index contributed by atoms with van der Waals surface area (Å²) in [7, 11) is 2.40. The lowest BCUT2D eigenvalue weighted by Gasteiger charge is -2.18. The molecule has 0 bridgehead atoms. The van der Waals surface area contributed by atoms with Gasteiger partial charge in [-0.2, -0.15) is 0 Å². The smallest absolute Gasteiger partial charge is 0.305 e. The van der Waals surface area contributed by atoms with Crippen LogP contribution in [0.25, 0.3) is 0 Å². The molecule has 0 saturated heterocycles. The van der Waals surface area contributed by atoms with Crippen molar-refractivity contribution in [1.82, 2.24) is 0 Å². The van der Waals surface area contributed by atoms with Gasteiger partial charge >= 0.3 is 7.60 Å². The monoisotopic (exact) mass is 302 g/mol. The zero-order valence-corrected chi connectivity index (χ0v) is 11.8. The van der Waals surface area contributed by atoms with E-state index in [0.717, 1.165) is 0 Å². The maximum atomic E-state index is 12.5. The van der Waals surface area contributed by atoms with Crippen molar-refractivity contribution in [2.75, 3.05) is 13.2 Å². The lowest BCUT2D eigenvalue weighted by Crippen LogP contribution is -2.17. The van der Waals surface area contributed by atoms with Crippen molar-refractivity contribution in [1.29, 1.82) is 0 Å². The minimum atomic E-state index is -3.26. The van der Waals surface area contributed by atoms with Gasteiger partial charge in [0.25, 0.3) is 0 Å². The van der Waals surface area contributed by atoms with Crippen LogP contribution in [0.2, 0.25) is 0 Å². The Bertz CT molecular complexity index is 401. The van der Waals surface area contributed by atoms with Crippen LogP contribution in [0.5, 0.6) is 0 Å². The van der Waals surface area contributed by atoms with Gasteiger partial charge in [-0.3, -0.25) is 4.57 Å². The van der Waals surface area contributed by atoms with E-state index in [1.165, 1.54) is 0 Å². The SMILES string of the molecule is [B]c1ccc(Br)c(P(=O)(OCC)OCC)c1. The Labute approximate surface area is 106 Å². The Balaban J connectivity index is 3.20. The van der Waals surface area contributed by atoms with E-state index in [4.69, 9.17) is 16.9 Å². The number of hydrogen-bond donors (Lipinski definition) is 0. The quantitative estimate of drug-likeness (QED) is 0.617. The highest BCUT2D eigenvalue weighted by atomic mass is 79.9. The van der Waals surface area contributed by atoms with E-state index in [9.17, 15) is 4.57 Å². The Kier molecular flexibility index (Phi) is 5.25. The molecule has 2 radical (unpaired) electrons. The molecule has 0 aliphatic carbocycles. The van der Waals surface area contributed by atoms with Crippen LogP contribution in [0.3, 0.4) is 0 Å². The third-order valence-electron chi connectivity index (χ3n) is 1.86. The summed E-state index contributed by atoms with van der Waals surface area (Å²) in [5, 5.41) is 0.469. The van der Waals surface area contributed by atoms with Crippen molar-refractivity contribution in [3.8, 4) is 0 Å². The maximum absolute atomic E-state index is 12.5. The fourth-order valence-corrected chi connectivity index (χ4v) is 3.83. The zero-order valence-electron chi connectivity index (χ0n) is 9.27. The third kappa shape index (κ3) is 3.20. The third-order valence-corrected chi connectivity index (χ3v) is 5.02. The highest BCUT2D eigenvalue weighted by Gasteiger charge is 2.28. The second kappa shape index (κ2) is 6.01. The highest BCUT2D eigenvalue weighted by Crippen LogP contribution is 2.48. The van der Waals surface area contributed by atoms with Crippen molar-refractivity contribution in [3.05, 3.63) is 22.7 Å². The average molecular weight is 303 g/mol. The molecule has 0 amide bonds. The van der Waals surface area contributed by atoms with Gasteiger partial charge in [0.15, 0.2) is 0 Å². The molecule has 0 aliphatic rings. The summed E-state index contributed by atoms with van der Waals surface area (Å²) in [6, 6.07) is 5.06. The summed E-state index contributed by atoms with van der Waals surface area (Å²) >= 11 is 3.32. The maximum Gasteiger partial charge on any atom is 0.362 e. The van der Waals surface area contributed by atoms with Crippen molar-refractivity contribution in [3.63, 3.8) is 0 Å². The standard InChI is InChI=1S/C10H13BBrO3P/c1-3-14-16(13,15-4-2)10-7-8(11)5-6-9(10)12/h5-7H,3-4H2,1-2H3. The first-order chi connectivity index (χ1) is 7.53. The Morgan fingerprint density at radius 1 is 1.31 bits per heavy atom. The van der Waals surface area contributed by atoms with Crippen LogP contribution in [-0.4, -0.2) is 21.1 Å². The summed E-state index contributed by atoms with van der Waals surface area (Å²) in [6.07, 6.45) is 0. The lowest BCUT2D eigenvalue weighted by atomic mass is 9.97. The summed E-state index contributed by atoms with van der Waals surface area (Å²) in [6.45, 7) is 4.18. The summed E-state index contributed by atoms with van der Waals surface area (Å²) in [5.74, 6) is 0. The number of rotatable bonds is 5. The first kappa shape index (κ1) is 14.0. The predicted molar refractivity (Wildman–Crippen MR) is 70.0 cm³/mol. The van der Waals surface area contributed by atoms with Crippen LogP contribution in [-0.2, 0) is 13.6 Å². The van der Waals surface area contributed by atoms with Crippen LogP contribution < -0.4 is 10.8 Å². The van der Waals surface area contributed by atoms with Gasteiger partial charge in [-0.1, -0.05) is 17.6 Å². The molecule has 3 nitrogen and oxygen atoms in total. The Morgan fingerprint density at radius 3 is 2.38 bits per heavy atom. The largest absolute Gasteiger partial charge is 0.362 e. The van der Waals surface area contributed by atoms with Gasteiger partial charge in [0.05, 0.1) is 18.5 Å². The first-order valence-corrected chi connectivity index (χ1v) is 7.31. The van der Waals surface area contributed by atoms with Crippen molar-refractivity contribution < 1.29 is 13.6 Å². The fraction of sp³-hybridized carbons (Fsp3) is 0.400. The molecule has 0 unspecified atom stereocenters. The Hall–Kier alpha value is -0.0851. The molecule has 6 heteroatoms. The molecule has 0 N–H and O–H groups in total. The van der Waals surface area contributed by atoms with Crippen LogP contribution in [0.4, 0.5) is 0 Å². The van der Waals surface area contributed by atoms with Crippen molar-refractivity contribution in [2.45, 2.75) is 13.8 Å². The van der Waals surface area contributed by atoms with E-state index in [2.05, 4.69) is 15.9 Å². The molecule has 0 spiro atoms. The molecule has 0 aromatic heterocycles. The highest BCUT2D eigenvalue weighted by molar-refractivity contribution is 9.10. The molecule has 1 aromatic carbocycles. The number of halogens is 1. The van der Waals surface area contributed by atoms with E-state index in [0.29, 0.717) is 28.5 Å². The molecule has 0 aliphatic heterocycles. The summed E-state index contributed by atoms with van der Waals surface area (Å²) in [5.41, 5.74) is 0.526. The molecule has 1 aromatic rings.